The van der Waals surface area contributed by atoms with Crippen molar-refractivity contribution >= 4 is 50.7 Å². The lowest BCUT2D eigenvalue weighted by atomic mass is 9.78. The molecule has 0 saturated carbocycles. The Kier molecular flexibility index (Phi) is 5.96. The van der Waals surface area contributed by atoms with Gasteiger partial charge < -0.3 is 0 Å². The predicted molar refractivity (Wildman–Crippen MR) is 92.4 cm³/mol. The van der Waals surface area contributed by atoms with Crippen molar-refractivity contribution < 1.29 is 4.39 Å². The fraction of sp³-hybridized carbons (Fsp3) is 0.250. The quantitative estimate of drug-likeness (QED) is 0.515. The van der Waals surface area contributed by atoms with Crippen LogP contribution in [0.25, 0.3) is 0 Å². The molecular formula is C16H13BrCl3F. The summed E-state index contributed by atoms with van der Waals surface area (Å²) in [6.45, 7) is 0. The van der Waals surface area contributed by atoms with Crippen LogP contribution in [-0.2, 0) is 11.8 Å². The molecule has 2 rings (SSSR count). The fourth-order valence-electron chi connectivity index (χ4n) is 2.22. The molecule has 0 unspecified atom stereocenters. The molecule has 0 spiro atoms. The molecule has 0 fully saturated rings. The number of alkyl halides is 2. The molecular weight excluding hydrogens is 397 g/mol. The number of hydrogen-bond acceptors (Lipinski definition) is 0. The lowest BCUT2D eigenvalue weighted by Crippen LogP contribution is -2.33. The third-order valence-electron chi connectivity index (χ3n) is 3.51. The Labute approximate surface area is 147 Å². The normalized spacial score (nSPS) is 11.7. The summed E-state index contributed by atoms with van der Waals surface area (Å²) in [6, 6.07) is 12.5. The summed E-state index contributed by atoms with van der Waals surface area (Å²) in [4.78, 5) is 0. The van der Waals surface area contributed by atoms with Gasteiger partial charge in [-0.05, 0) is 41.8 Å². The maximum atomic E-state index is 14.1. The Morgan fingerprint density at radius 3 is 2.14 bits per heavy atom. The summed E-state index contributed by atoms with van der Waals surface area (Å²) < 4.78 is 15.0. The summed E-state index contributed by atoms with van der Waals surface area (Å²) in [5, 5.41) is 0.377. The van der Waals surface area contributed by atoms with Gasteiger partial charge in [0.2, 0.25) is 0 Å². The van der Waals surface area contributed by atoms with Gasteiger partial charge in [-0.2, -0.15) is 0 Å². The van der Waals surface area contributed by atoms with Crippen LogP contribution in [0.4, 0.5) is 4.39 Å². The second-order valence-electron chi connectivity index (χ2n) is 4.97. The standard InChI is InChI=1S/C16H13BrCl3F/c17-13-4-2-12(3-5-13)16(9-18,10-19)8-11-1-6-14(20)7-15(11)21/h1-7H,8-10H2. The summed E-state index contributed by atoms with van der Waals surface area (Å²) in [7, 11) is 0. The van der Waals surface area contributed by atoms with E-state index in [1.807, 2.05) is 24.3 Å². The van der Waals surface area contributed by atoms with E-state index >= 15 is 0 Å². The van der Waals surface area contributed by atoms with Gasteiger partial charge in [0, 0.05) is 26.7 Å². The van der Waals surface area contributed by atoms with E-state index in [2.05, 4.69) is 15.9 Å². The van der Waals surface area contributed by atoms with E-state index in [0.29, 0.717) is 28.8 Å². The topological polar surface area (TPSA) is 0 Å². The minimum atomic E-state index is -0.515. The Balaban J connectivity index is 2.40. The number of benzene rings is 2. The van der Waals surface area contributed by atoms with Gasteiger partial charge in [-0.3, -0.25) is 0 Å². The first-order valence-corrected chi connectivity index (χ1v) is 8.57. The number of halogens is 5. The smallest absolute Gasteiger partial charge is 0.127 e. The van der Waals surface area contributed by atoms with Crippen LogP contribution in [0.1, 0.15) is 11.1 Å². The molecule has 0 bridgehead atoms. The molecule has 2 aromatic carbocycles. The average Bonchev–Trinajstić information content (AvgIpc) is 2.48. The van der Waals surface area contributed by atoms with E-state index < -0.39 is 5.41 Å². The highest BCUT2D eigenvalue weighted by Crippen LogP contribution is 2.33. The highest BCUT2D eigenvalue weighted by Gasteiger charge is 2.32. The van der Waals surface area contributed by atoms with Crippen LogP contribution < -0.4 is 0 Å². The van der Waals surface area contributed by atoms with Crippen molar-refractivity contribution in [2.75, 3.05) is 11.8 Å². The van der Waals surface area contributed by atoms with E-state index in [0.717, 1.165) is 10.0 Å². The molecule has 0 aliphatic heterocycles. The van der Waals surface area contributed by atoms with Crippen molar-refractivity contribution in [2.45, 2.75) is 11.8 Å². The third kappa shape index (κ3) is 3.92. The highest BCUT2D eigenvalue weighted by molar-refractivity contribution is 9.10. The summed E-state index contributed by atoms with van der Waals surface area (Å²) in [5.74, 6) is 0.277. The molecule has 112 valence electrons. The van der Waals surface area contributed by atoms with Crippen molar-refractivity contribution in [3.63, 3.8) is 0 Å². The second-order valence-corrected chi connectivity index (χ2v) is 6.85. The first-order valence-electron chi connectivity index (χ1n) is 6.33. The molecule has 0 heterocycles. The summed E-state index contributed by atoms with van der Waals surface area (Å²) >= 11 is 21.6. The largest absolute Gasteiger partial charge is 0.207 e. The maximum absolute atomic E-state index is 14.1. The molecule has 2 aromatic rings. The van der Waals surface area contributed by atoms with Crippen molar-refractivity contribution in [2.24, 2.45) is 0 Å². The molecule has 5 heteroatoms. The monoisotopic (exact) mass is 408 g/mol. The van der Waals surface area contributed by atoms with Gasteiger partial charge in [-0.15, -0.1) is 23.2 Å². The molecule has 0 aromatic heterocycles. The van der Waals surface area contributed by atoms with E-state index in [9.17, 15) is 4.39 Å². The van der Waals surface area contributed by atoms with Gasteiger partial charge in [0.1, 0.15) is 5.82 Å². The fourth-order valence-corrected chi connectivity index (χ4v) is 3.43. The van der Waals surface area contributed by atoms with Gasteiger partial charge in [0.05, 0.1) is 0 Å². The molecule has 0 aliphatic carbocycles. The van der Waals surface area contributed by atoms with Crippen molar-refractivity contribution in [3.8, 4) is 0 Å². The van der Waals surface area contributed by atoms with Crippen molar-refractivity contribution in [1.82, 2.24) is 0 Å². The first kappa shape index (κ1) is 17.1. The Bertz CT molecular complexity index is 609. The zero-order valence-electron chi connectivity index (χ0n) is 11.1. The third-order valence-corrected chi connectivity index (χ3v) is 5.30. The Morgan fingerprint density at radius 2 is 1.62 bits per heavy atom. The van der Waals surface area contributed by atoms with Crippen LogP contribution >= 0.6 is 50.7 Å². The molecule has 0 N–H and O–H groups in total. The van der Waals surface area contributed by atoms with Gasteiger partial charge in [-0.25, -0.2) is 4.39 Å². The maximum Gasteiger partial charge on any atom is 0.127 e. The molecule has 0 amide bonds. The van der Waals surface area contributed by atoms with Crippen molar-refractivity contribution in [3.05, 3.63) is 68.9 Å². The van der Waals surface area contributed by atoms with E-state index in [-0.39, 0.29) is 5.82 Å². The summed E-state index contributed by atoms with van der Waals surface area (Å²) in [6.07, 6.45) is 0.421. The minimum Gasteiger partial charge on any atom is -0.207 e. The van der Waals surface area contributed by atoms with Crippen LogP contribution in [-0.4, -0.2) is 11.8 Å². The Morgan fingerprint density at radius 1 is 1.00 bits per heavy atom. The minimum absolute atomic E-state index is 0.306. The zero-order chi connectivity index (χ0) is 15.5. The highest BCUT2D eigenvalue weighted by atomic mass is 79.9. The van der Waals surface area contributed by atoms with Gasteiger partial charge in [0.25, 0.3) is 0 Å². The van der Waals surface area contributed by atoms with Gasteiger partial charge in [0.15, 0.2) is 0 Å². The molecule has 0 aliphatic rings. The number of hydrogen-bond donors (Lipinski definition) is 0. The van der Waals surface area contributed by atoms with Crippen molar-refractivity contribution in [1.29, 1.82) is 0 Å². The van der Waals surface area contributed by atoms with Crippen LogP contribution in [0.5, 0.6) is 0 Å². The average molecular weight is 411 g/mol. The molecule has 0 saturated heterocycles. The lowest BCUT2D eigenvalue weighted by Gasteiger charge is -2.30. The van der Waals surface area contributed by atoms with Gasteiger partial charge in [-0.1, -0.05) is 45.7 Å². The Hall–Kier alpha value is -0.280. The van der Waals surface area contributed by atoms with E-state index in [4.69, 9.17) is 34.8 Å². The SMILES string of the molecule is Fc1cc(Cl)ccc1CC(CCl)(CCl)c1ccc(Br)cc1. The summed E-state index contributed by atoms with van der Waals surface area (Å²) in [5.41, 5.74) is 1.03. The van der Waals surface area contributed by atoms with Crippen LogP contribution in [0.2, 0.25) is 5.02 Å². The first-order chi connectivity index (χ1) is 10.0. The van der Waals surface area contributed by atoms with E-state index in [1.165, 1.54) is 6.07 Å². The molecule has 0 nitrogen and oxygen atoms in total. The van der Waals surface area contributed by atoms with Crippen LogP contribution in [0.15, 0.2) is 46.9 Å². The molecule has 0 radical (unpaired) electrons. The van der Waals surface area contributed by atoms with Crippen LogP contribution in [0.3, 0.4) is 0 Å². The number of rotatable bonds is 5. The van der Waals surface area contributed by atoms with Crippen LogP contribution in [0, 0.1) is 5.82 Å². The zero-order valence-corrected chi connectivity index (χ0v) is 14.9. The molecule has 0 atom stereocenters. The predicted octanol–water partition coefficient (Wildman–Crippen LogP) is 6.20. The lowest BCUT2D eigenvalue weighted by molar-refractivity contribution is 0.512. The molecule has 21 heavy (non-hydrogen) atoms. The van der Waals surface area contributed by atoms with E-state index in [1.54, 1.807) is 12.1 Å². The second kappa shape index (κ2) is 7.32. The van der Waals surface area contributed by atoms with Gasteiger partial charge >= 0.3 is 0 Å².